The van der Waals surface area contributed by atoms with E-state index in [0.29, 0.717) is 5.56 Å². The zero-order chi connectivity index (χ0) is 47.0. The zero-order valence-corrected chi connectivity index (χ0v) is 38.5. The Morgan fingerprint density at radius 1 is 0.268 bits per heavy atom. The molecule has 0 N–H and O–H groups in total. The van der Waals surface area contributed by atoms with E-state index in [1.807, 2.05) is 0 Å². The van der Waals surface area contributed by atoms with Gasteiger partial charge in [-0.25, -0.2) is 0 Å². The maximum Gasteiger partial charge on any atom is 0.104 e. The van der Waals surface area contributed by atoms with Crippen LogP contribution in [0.5, 0.6) is 0 Å². The van der Waals surface area contributed by atoms with Gasteiger partial charge in [0.05, 0.1) is 44.5 Å². The van der Waals surface area contributed by atoms with Gasteiger partial charge in [0.15, 0.2) is 0 Å². The molecule has 14 aromatic rings. The van der Waals surface area contributed by atoms with Gasteiger partial charge in [0.2, 0.25) is 0 Å². The largest absolute Gasteiger partial charge is 0.308 e. The van der Waals surface area contributed by atoms with Crippen LogP contribution in [0.15, 0.2) is 255 Å². The lowest BCUT2D eigenvalue weighted by atomic mass is 10.0. The summed E-state index contributed by atoms with van der Waals surface area (Å²) in [5.74, 6) is 0. The number of fused-ring (bicyclic) bond motifs is 9. The Hall–Kier alpha value is -9.69. The lowest BCUT2D eigenvalue weighted by molar-refractivity contribution is 1.10. The van der Waals surface area contributed by atoms with E-state index in [9.17, 15) is 5.26 Å². The Morgan fingerprint density at radius 3 is 1.03 bits per heavy atom. The van der Waals surface area contributed by atoms with Crippen LogP contribution in [-0.2, 0) is 0 Å². The average Bonchev–Trinajstić information content (AvgIpc) is 4.08. The van der Waals surface area contributed by atoms with E-state index >= 15 is 0 Å². The molecule has 0 saturated carbocycles. The van der Waals surface area contributed by atoms with Gasteiger partial charge in [-0.15, -0.1) is 0 Å². The molecule has 0 saturated heterocycles. The smallest absolute Gasteiger partial charge is 0.104 e. The van der Waals surface area contributed by atoms with Crippen molar-refractivity contribution in [1.82, 2.24) is 13.7 Å². The third-order valence-corrected chi connectivity index (χ3v) is 14.5. The average molecular weight is 903 g/mol. The van der Waals surface area contributed by atoms with Gasteiger partial charge in [-0.2, -0.15) is 5.26 Å². The molecule has 0 radical (unpaired) electrons. The van der Waals surface area contributed by atoms with Crippen LogP contribution in [0.3, 0.4) is 0 Å². The number of rotatable bonds is 7. The fraction of sp³-hybridized carbons (Fsp3) is 0. The summed E-state index contributed by atoms with van der Waals surface area (Å²) in [6.07, 6.45) is 0. The van der Waals surface area contributed by atoms with Crippen molar-refractivity contribution in [2.24, 2.45) is 0 Å². The zero-order valence-electron chi connectivity index (χ0n) is 38.5. The van der Waals surface area contributed by atoms with Crippen molar-refractivity contribution in [2.75, 3.05) is 0 Å². The van der Waals surface area contributed by atoms with Crippen molar-refractivity contribution in [1.29, 1.82) is 5.26 Å². The molecule has 0 aliphatic carbocycles. The number of hydrogen-bond acceptors (Lipinski definition) is 1. The molecule has 0 spiro atoms. The standard InChI is InChI=1S/C67H42N4/c68-43-59-65(70-61-34-30-48(44-18-6-1-7-19-44)38-54(61)55-39-49(31-35-62(55)70)45-20-8-2-9-21-45)42-58-53-28-16-17-29-60(53)69(52-26-14-5-15-27-52)66(58)67(59)71-63-36-32-50(46-22-10-3-11-23-46)40-56(63)57-41-51(33-37-64(57)71)47-24-12-4-13-25-47/h1-42H. The Labute approximate surface area is 410 Å². The van der Waals surface area contributed by atoms with Crippen LogP contribution < -0.4 is 0 Å². The van der Waals surface area contributed by atoms with E-state index in [2.05, 4.69) is 275 Å². The van der Waals surface area contributed by atoms with E-state index in [1.54, 1.807) is 0 Å². The molecule has 11 aromatic carbocycles. The predicted octanol–water partition coefficient (Wildman–Crippen LogP) is 17.5. The van der Waals surface area contributed by atoms with Gasteiger partial charge >= 0.3 is 0 Å². The molecule has 3 heterocycles. The normalized spacial score (nSPS) is 11.6. The summed E-state index contributed by atoms with van der Waals surface area (Å²) < 4.78 is 7.09. The Bertz CT molecular complexity index is 4230. The predicted molar refractivity (Wildman–Crippen MR) is 296 cm³/mol. The van der Waals surface area contributed by atoms with Crippen molar-refractivity contribution in [3.05, 3.63) is 260 Å². The van der Waals surface area contributed by atoms with Crippen molar-refractivity contribution < 1.29 is 0 Å². The van der Waals surface area contributed by atoms with Crippen molar-refractivity contribution in [3.8, 4) is 67.6 Å². The van der Waals surface area contributed by atoms with E-state index in [0.717, 1.165) is 127 Å². The maximum absolute atomic E-state index is 12.2. The molecule has 3 aromatic heterocycles. The summed E-state index contributed by atoms with van der Waals surface area (Å²) in [4.78, 5) is 0. The third-order valence-electron chi connectivity index (χ3n) is 14.5. The second kappa shape index (κ2) is 16.2. The molecule has 0 unspecified atom stereocenters. The van der Waals surface area contributed by atoms with Gasteiger partial charge in [0, 0.05) is 38.0 Å². The molecule has 71 heavy (non-hydrogen) atoms. The summed E-state index contributed by atoms with van der Waals surface area (Å²) in [5.41, 5.74) is 18.5. The van der Waals surface area contributed by atoms with Crippen LogP contribution in [0.4, 0.5) is 0 Å². The molecule has 4 heteroatoms. The first-order valence-corrected chi connectivity index (χ1v) is 24.1. The van der Waals surface area contributed by atoms with Crippen molar-refractivity contribution in [3.63, 3.8) is 0 Å². The number of aromatic nitrogens is 3. The molecule has 0 amide bonds. The Kier molecular flexibility index (Phi) is 9.23. The quantitative estimate of drug-likeness (QED) is 0.157. The Morgan fingerprint density at radius 2 is 0.620 bits per heavy atom. The first-order valence-electron chi connectivity index (χ1n) is 24.1. The molecule has 330 valence electrons. The van der Waals surface area contributed by atoms with Crippen LogP contribution in [0.1, 0.15) is 5.56 Å². The minimum atomic E-state index is 0.577. The first kappa shape index (κ1) is 40.4. The van der Waals surface area contributed by atoms with Crippen LogP contribution in [0, 0.1) is 11.3 Å². The maximum atomic E-state index is 12.2. The van der Waals surface area contributed by atoms with Crippen molar-refractivity contribution >= 4 is 65.4 Å². The fourth-order valence-electron chi connectivity index (χ4n) is 11.2. The van der Waals surface area contributed by atoms with Crippen LogP contribution >= 0.6 is 0 Å². The highest BCUT2D eigenvalue weighted by atomic mass is 15.1. The lowest BCUT2D eigenvalue weighted by Crippen LogP contribution is -2.07. The molecule has 14 rings (SSSR count). The molecular formula is C67H42N4. The highest BCUT2D eigenvalue weighted by Crippen LogP contribution is 2.46. The second-order valence-electron chi connectivity index (χ2n) is 18.4. The van der Waals surface area contributed by atoms with Gasteiger partial charge in [-0.1, -0.05) is 182 Å². The molecule has 0 aliphatic rings. The number of benzene rings is 11. The molecular weight excluding hydrogens is 861 g/mol. The van der Waals surface area contributed by atoms with E-state index in [4.69, 9.17) is 0 Å². The van der Waals surface area contributed by atoms with Crippen LogP contribution in [0.25, 0.3) is 127 Å². The SMILES string of the molecule is N#Cc1c(-n2c3ccc(-c4ccccc4)cc3c3cc(-c4ccccc4)ccc32)cc2c3ccccc3n(-c3ccccc3)c2c1-n1c2ccc(-c3ccccc3)cc2c2cc(-c3ccccc3)ccc21. The number of nitrogens with zero attached hydrogens (tertiary/aromatic N) is 4. The number of nitriles is 1. The van der Waals surface area contributed by atoms with E-state index in [-0.39, 0.29) is 0 Å². The van der Waals surface area contributed by atoms with E-state index < -0.39 is 0 Å². The molecule has 0 atom stereocenters. The van der Waals surface area contributed by atoms with Gasteiger partial charge < -0.3 is 13.7 Å². The van der Waals surface area contributed by atoms with E-state index in [1.165, 1.54) is 0 Å². The monoisotopic (exact) mass is 902 g/mol. The lowest BCUT2D eigenvalue weighted by Gasteiger charge is -2.20. The summed E-state index contributed by atoms with van der Waals surface area (Å²) in [5, 5.41) is 18.8. The molecule has 0 aliphatic heterocycles. The van der Waals surface area contributed by atoms with Gasteiger partial charge in [0.1, 0.15) is 11.6 Å². The van der Waals surface area contributed by atoms with Crippen LogP contribution in [-0.4, -0.2) is 13.7 Å². The minimum absolute atomic E-state index is 0.577. The summed E-state index contributed by atoms with van der Waals surface area (Å²) in [6.45, 7) is 0. The third kappa shape index (κ3) is 6.38. The van der Waals surface area contributed by atoms with Gasteiger partial charge in [-0.05, 0) is 117 Å². The minimum Gasteiger partial charge on any atom is -0.308 e. The molecule has 0 fully saturated rings. The second-order valence-corrected chi connectivity index (χ2v) is 18.4. The Balaban J connectivity index is 1.16. The summed E-state index contributed by atoms with van der Waals surface area (Å²) in [6, 6.07) is 94.1. The van der Waals surface area contributed by atoms with Gasteiger partial charge in [0.25, 0.3) is 0 Å². The van der Waals surface area contributed by atoms with Gasteiger partial charge in [-0.3, -0.25) is 0 Å². The number of hydrogen-bond donors (Lipinski definition) is 0. The fourth-order valence-corrected chi connectivity index (χ4v) is 11.2. The number of para-hydroxylation sites is 2. The molecule has 4 nitrogen and oxygen atoms in total. The van der Waals surface area contributed by atoms with Crippen LogP contribution in [0.2, 0.25) is 0 Å². The topological polar surface area (TPSA) is 38.6 Å². The molecule has 0 bridgehead atoms. The highest BCUT2D eigenvalue weighted by Gasteiger charge is 2.28. The summed E-state index contributed by atoms with van der Waals surface area (Å²) >= 11 is 0. The highest BCUT2D eigenvalue weighted by molar-refractivity contribution is 6.19. The van der Waals surface area contributed by atoms with Crippen molar-refractivity contribution in [2.45, 2.75) is 0 Å². The first-order chi connectivity index (χ1) is 35.2. The summed E-state index contributed by atoms with van der Waals surface area (Å²) in [7, 11) is 0.